The van der Waals surface area contributed by atoms with E-state index in [-0.39, 0.29) is 12.1 Å². The van der Waals surface area contributed by atoms with Crippen LogP contribution in [0.15, 0.2) is 60.9 Å². The molecule has 0 spiro atoms. The minimum atomic E-state index is -0.209. The summed E-state index contributed by atoms with van der Waals surface area (Å²) in [4.78, 5) is 19.1. The number of hydrogen-bond acceptors (Lipinski definition) is 4. The lowest BCUT2D eigenvalue weighted by Crippen LogP contribution is -2.40. The lowest BCUT2D eigenvalue weighted by Gasteiger charge is -2.18. The molecule has 1 aliphatic heterocycles. The van der Waals surface area contributed by atoms with E-state index in [4.69, 9.17) is 0 Å². The molecular formula is C20H22N6O. The summed E-state index contributed by atoms with van der Waals surface area (Å²) in [5.74, 6) is 0.946. The number of amides is 2. The number of hydrogen-bond donors (Lipinski definition) is 2. The lowest BCUT2D eigenvalue weighted by molar-refractivity contribution is 0.249. The van der Waals surface area contributed by atoms with Crippen molar-refractivity contribution < 1.29 is 4.79 Å². The third kappa shape index (κ3) is 3.92. The van der Waals surface area contributed by atoms with Crippen LogP contribution in [0.2, 0.25) is 0 Å². The van der Waals surface area contributed by atoms with Crippen LogP contribution in [-0.2, 0) is 0 Å². The maximum Gasteiger partial charge on any atom is 0.319 e. The van der Waals surface area contributed by atoms with E-state index < -0.39 is 0 Å². The van der Waals surface area contributed by atoms with Crippen LogP contribution >= 0.6 is 0 Å². The van der Waals surface area contributed by atoms with E-state index in [2.05, 4.69) is 25.6 Å². The second-order valence-corrected chi connectivity index (χ2v) is 6.64. The molecular weight excluding hydrogens is 340 g/mol. The average molecular weight is 362 g/mol. The summed E-state index contributed by atoms with van der Waals surface area (Å²) in [5, 5.41) is 10.4. The van der Waals surface area contributed by atoms with Gasteiger partial charge in [-0.05, 0) is 43.7 Å². The van der Waals surface area contributed by atoms with Crippen LogP contribution in [0.1, 0.15) is 12.1 Å². The van der Waals surface area contributed by atoms with Gasteiger partial charge >= 0.3 is 6.03 Å². The quantitative estimate of drug-likeness (QED) is 0.748. The zero-order valence-corrected chi connectivity index (χ0v) is 15.2. The molecule has 1 fully saturated rings. The normalized spacial score (nSPS) is 16.3. The van der Waals surface area contributed by atoms with Gasteiger partial charge < -0.3 is 15.5 Å². The largest absolute Gasteiger partial charge is 0.354 e. The Bertz CT molecular complexity index is 923. The highest BCUT2D eigenvalue weighted by atomic mass is 16.2. The highest BCUT2D eigenvalue weighted by molar-refractivity contribution is 5.91. The van der Waals surface area contributed by atoms with E-state index in [0.29, 0.717) is 0 Å². The number of anilines is 2. The molecule has 0 aliphatic carbocycles. The van der Waals surface area contributed by atoms with Gasteiger partial charge in [0.05, 0.1) is 17.1 Å². The van der Waals surface area contributed by atoms with E-state index in [9.17, 15) is 4.79 Å². The Morgan fingerprint density at radius 3 is 2.78 bits per heavy atom. The molecule has 0 bridgehead atoms. The number of para-hydroxylation sites is 2. The Balaban J connectivity index is 1.39. The molecule has 2 amide bonds. The first-order valence-corrected chi connectivity index (χ1v) is 9.04. The third-order valence-corrected chi connectivity index (χ3v) is 4.62. The van der Waals surface area contributed by atoms with Crippen LogP contribution in [0.3, 0.4) is 0 Å². The molecule has 2 aromatic heterocycles. The van der Waals surface area contributed by atoms with Crippen molar-refractivity contribution >= 4 is 17.5 Å². The predicted molar refractivity (Wildman–Crippen MR) is 105 cm³/mol. The molecule has 27 heavy (non-hydrogen) atoms. The number of aromatic nitrogens is 3. The highest BCUT2D eigenvalue weighted by Crippen LogP contribution is 2.20. The lowest BCUT2D eigenvalue weighted by atomic mass is 10.2. The molecule has 7 nitrogen and oxygen atoms in total. The van der Waals surface area contributed by atoms with Crippen molar-refractivity contribution in [3.63, 3.8) is 0 Å². The molecule has 3 heterocycles. The van der Waals surface area contributed by atoms with Crippen LogP contribution in [-0.4, -0.2) is 39.9 Å². The van der Waals surface area contributed by atoms with Gasteiger partial charge in [-0.2, -0.15) is 5.10 Å². The molecule has 0 saturated carbocycles. The first-order chi connectivity index (χ1) is 13.2. The maximum atomic E-state index is 12.5. The molecule has 1 atom stereocenters. The van der Waals surface area contributed by atoms with Crippen molar-refractivity contribution in [3.8, 4) is 5.69 Å². The zero-order valence-electron chi connectivity index (χ0n) is 15.2. The zero-order chi connectivity index (χ0) is 18.6. The van der Waals surface area contributed by atoms with Gasteiger partial charge in [-0.15, -0.1) is 0 Å². The topological polar surface area (TPSA) is 75.1 Å². The number of rotatable bonds is 4. The molecule has 138 valence electrons. The Hall–Kier alpha value is -3.35. The van der Waals surface area contributed by atoms with Gasteiger partial charge in [0, 0.05) is 31.5 Å². The van der Waals surface area contributed by atoms with Crippen LogP contribution < -0.4 is 15.5 Å². The molecule has 1 aliphatic rings. The highest BCUT2D eigenvalue weighted by Gasteiger charge is 2.24. The summed E-state index contributed by atoms with van der Waals surface area (Å²) in [6.45, 7) is 3.57. The monoisotopic (exact) mass is 362 g/mol. The molecule has 1 saturated heterocycles. The molecule has 0 radical (unpaired) electrons. The average Bonchev–Trinajstić information content (AvgIpc) is 3.32. The number of carbonyl (C=O) groups is 1. The Morgan fingerprint density at radius 2 is 2.00 bits per heavy atom. The first-order valence-electron chi connectivity index (χ1n) is 9.04. The third-order valence-electron chi connectivity index (χ3n) is 4.62. The number of nitrogens with zero attached hydrogens (tertiary/aromatic N) is 4. The fraction of sp³-hybridized carbons (Fsp3) is 0.250. The van der Waals surface area contributed by atoms with Gasteiger partial charge in [-0.25, -0.2) is 14.5 Å². The molecule has 0 unspecified atom stereocenters. The van der Waals surface area contributed by atoms with Crippen molar-refractivity contribution in [3.05, 3.63) is 66.6 Å². The summed E-state index contributed by atoms with van der Waals surface area (Å²) < 4.78 is 1.77. The number of aryl methyl sites for hydroxylation is 1. The van der Waals surface area contributed by atoms with E-state index in [1.54, 1.807) is 10.9 Å². The predicted octanol–water partition coefficient (Wildman–Crippen LogP) is 2.98. The van der Waals surface area contributed by atoms with E-state index in [1.807, 2.05) is 61.7 Å². The fourth-order valence-corrected chi connectivity index (χ4v) is 3.30. The molecule has 1 aromatic carbocycles. The maximum absolute atomic E-state index is 12.5. The van der Waals surface area contributed by atoms with Gasteiger partial charge in [0.25, 0.3) is 0 Å². The van der Waals surface area contributed by atoms with E-state index in [0.717, 1.165) is 42.4 Å². The summed E-state index contributed by atoms with van der Waals surface area (Å²) in [6, 6.07) is 15.3. The Morgan fingerprint density at radius 1 is 1.15 bits per heavy atom. The minimum Gasteiger partial charge on any atom is -0.354 e. The second-order valence-electron chi connectivity index (χ2n) is 6.64. The van der Waals surface area contributed by atoms with Gasteiger partial charge in [0.2, 0.25) is 0 Å². The van der Waals surface area contributed by atoms with Crippen molar-refractivity contribution in [1.29, 1.82) is 0 Å². The molecule has 2 N–H and O–H groups in total. The first kappa shape index (κ1) is 17.1. The van der Waals surface area contributed by atoms with Crippen LogP contribution in [0.25, 0.3) is 5.69 Å². The Kier molecular flexibility index (Phi) is 4.74. The SMILES string of the molecule is Cc1ccn(-c2ccccc2NC(=O)N[C@@H]2CCN(c3ccccn3)C2)n1. The van der Waals surface area contributed by atoms with Gasteiger partial charge in [-0.1, -0.05) is 18.2 Å². The summed E-state index contributed by atoms with van der Waals surface area (Å²) in [7, 11) is 0. The molecule has 3 aromatic rings. The molecule has 7 heteroatoms. The van der Waals surface area contributed by atoms with Crippen molar-refractivity contribution in [2.75, 3.05) is 23.3 Å². The van der Waals surface area contributed by atoms with Crippen molar-refractivity contribution in [2.45, 2.75) is 19.4 Å². The number of carbonyl (C=O) groups excluding carboxylic acids is 1. The number of urea groups is 1. The Labute approximate surface area is 158 Å². The van der Waals surface area contributed by atoms with Crippen LogP contribution in [0.4, 0.5) is 16.3 Å². The summed E-state index contributed by atoms with van der Waals surface area (Å²) in [6.07, 6.45) is 4.57. The second kappa shape index (κ2) is 7.49. The number of nitrogens with one attached hydrogen (secondary N) is 2. The van der Waals surface area contributed by atoms with Gasteiger partial charge in [-0.3, -0.25) is 0 Å². The van der Waals surface area contributed by atoms with Gasteiger partial charge in [0.1, 0.15) is 5.82 Å². The summed E-state index contributed by atoms with van der Waals surface area (Å²) >= 11 is 0. The van der Waals surface area contributed by atoms with E-state index in [1.165, 1.54) is 0 Å². The van der Waals surface area contributed by atoms with Crippen molar-refractivity contribution in [2.24, 2.45) is 0 Å². The minimum absolute atomic E-state index is 0.0890. The number of pyridine rings is 1. The number of benzene rings is 1. The van der Waals surface area contributed by atoms with Crippen molar-refractivity contribution in [1.82, 2.24) is 20.1 Å². The van der Waals surface area contributed by atoms with Gasteiger partial charge in [0.15, 0.2) is 0 Å². The fourth-order valence-electron chi connectivity index (χ4n) is 3.30. The smallest absolute Gasteiger partial charge is 0.319 e. The van der Waals surface area contributed by atoms with E-state index >= 15 is 0 Å². The van der Waals surface area contributed by atoms with Crippen LogP contribution in [0.5, 0.6) is 0 Å². The van der Waals surface area contributed by atoms with Crippen LogP contribution in [0, 0.1) is 6.92 Å². The molecule has 4 rings (SSSR count). The standard InChI is InChI=1S/C20H22N6O/c1-15-9-13-26(24-15)18-7-3-2-6-17(18)23-20(27)22-16-10-12-25(14-16)19-8-4-5-11-21-19/h2-9,11,13,16H,10,12,14H2,1H3,(H2,22,23,27)/t16-/m1/s1. The summed E-state index contributed by atoms with van der Waals surface area (Å²) in [5.41, 5.74) is 2.48.